The molecule has 5 heteroatoms. The zero-order valence-corrected chi connectivity index (χ0v) is 14.7. The van der Waals surface area contributed by atoms with E-state index in [1.54, 1.807) is 19.2 Å². The molecule has 0 atom stereocenters. The Bertz CT molecular complexity index is 460. The molecule has 4 nitrogen and oxygen atoms in total. The molecule has 0 aliphatic rings. The van der Waals surface area contributed by atoms with Gasteiger partial charge in [0.05, 0.1) is 0 Å². The van der Waals surface area contributed by atoms with Crippen LogP contribution in [0, 0.1) is 5.82 Å². The number of hydrogen-bond donors (Lipinski definition) is 2. The lowest BCUT2D eigenvalue weighted by molar-refractivity contribution is 0.389. The lowest BCUT2D eigenvalue weighted by atomic mass is 10.1. The summed E-state index contributed by atoms with van der Waals surface area (Å²) in [5.74, 6) is 0.536. The van der Waals surface area contributed by atoms with E-state index in [9.17, 15) is 4.39 Å². The summed E-state index contributed by atoms with van der Waals surface area (Å²) in [5.41, 5.74) is 0.649. The van der Waals surface area contributed by atoms with E-state index in [0.29, 0.717) is 12.1 Å². The predicted molar refractivity (Wildman–Crippen MR) is 96.2 cm³/mol. The highest BCUT2D eigenvalue weighted by atomic mass is 19.1. The van der Waals surface area contributed by atoms with Gasteiger partial charge in [-0.1, -0.05) is 37.5 Å². The Morgan fingerprint density at radius 3 is 2.43 bits per heavy atom. The molecule has 0 unspecified atom stereocenters. The van der Waals surface area contributed by atoms with Crippen LogP contribution in [0.25, 0.3) is 0 Å². The highest BCUT2D eigenvalue weighted by molar-refractivity contribution is 5.79. The first-order valence-electron chi connectivity index (χ1n) is 8.46. The maximum Gasteiger partial charge on any atom is 0.191 e. The van der Waals surface area contributed by atoms with Crippen LogP contribution >= 0.6 is 0 Å². The molecule has 0 aliphatic heterocycles. The van der Waals surface area contributed by atoms with Crippen LogP contribution in [-0.2, 0) is 6.54 Å². The van der Waals surface area contributed by atoms with E-state index in [-0.39, 0.29) is 5.82 Å². The summed E-state index contributed by atoms with van der Waals surface area (Å²) in [5, 5.41) is 6.42. The van der Waals surface area contributed by atoms with Crippen LogP contribution < -0.4 is 10.6 Å². The molecule has 1 aromatic rings. The Balaban J connectivity index is 2.09. The molecule has 130 valence electrons. The second kappa shape index (κ2) is 11.9. The fraction of sp³-hybridized carbons (Fsp3) is 0.611. The molecule has 0 spiro atoms. The molecule has 0 bridgehead atoms. The maximum absolute atomic E-state index is 13.5. The zero-order valence-electron chi connectivity index (χ0n) is 14.7. The third kappa shape index (κ3) is 9.18. The Labute approximate surface area is 140 Å². The Hall–Kier alpha value is -1.62. The molecular weight excluding hydrogens is 291 g/mol. The van der Waals surface area contributed by atoms with E-state index >= 15 is 0 Å². The van der Waals surface area contributed by atoms with Crippen molar-refractivity contribution in [2.24, 2.45) is 4.99 Å². The highest BCUT2D eigenvalue weighted by Gasteiger charge is 2.02. The average molecular weight is 322 g/mol. The summed E-state index contributed by atoms with van der Waals surface area (Å²) in [6, 6.07) is 6.80. The van der Waals surface area contributed by atoms with Gasteiger partial charge in [-0.25, -0.2) is 4.39 Å². The van der Waals surface area contributed by atoms with Gasteiger partial charge in [-0.3, -0.25) is 4.99 Å². The first kappa shape index (κ1) is 19.4. The summed E-state index contributed by atoms with van der Waals surface area (Å²) in [4.78, 5) is 6.39. The van der Waals surface area contributed by atoms with Crippen LogP contribution in [-0.4, -0.2) is 45.1 Å². The quantitative estimate of drug-likeness (QED) is 0.395. The van der Waals surface area contributed by atoms with E-state index in [0.717, 1.165) is 18.9 Å². The molecule has 1 aromatic carbocycles. The van der Waals surface area contributed by atoms with E-state index in [4.69, 9.17) is 0 Å². The number of halogens is 1. The van der Waals surface area contributed by atoms with Gasteiger partial charge in [0, 0.05) is 25.7 Å². The molecule has 0 aliphatic carbocycles. The number of unbranched alkanes of at least 4 members (excludes halogenated alkanes) is 4. The van der Waals surface area contributed by atoms with Crippen molar-refractivity contribution >= 4 is 5.96 Å². The molecule has 0 heterocycles. The largest absolute Gasteiger partial charge is 0.356 e. The molecule has 23 heavy (non-hydrogen) atoms. The maximum atomic E-state index is 13.5. The fourth-order valence-corrected chi connectivity index (χ4v) is 2.33. The Kier molecular flexibility index (Phi) is 10.0. The molecule has 0 fully saturated rings. The standard InChI is InChI=1S/C18H31FN4/c1-20-18(22-15-16-11-7-8-12-17(16)19)21-13-9-5-4-6-10-14-23(2)3/h7-8,11-12H,4-6,9-10,13-15H2,1-3H3,(H2,20,21,22). The van der Waals surface area contributed by atoms with Crippen molar-refractivity contribution < 1.29 is 4.39 Å². The van der Waals surface area contributed by atoms with E-state index in [1.165, 1.54) is 38.3 Å². The summed E-state index contributed by atoms with van der Waals surface area (Å²) < 4.78 is 13.5. The molecule has 0 saturated carbocycles. The van der Waals surface area contributed by atoms with Crippen molar-refractivity contribution in [3.05, 3.63) is 35.6 Å². The van der Waals surface area contributed by atoms with Gasteiger partial charge in [0.25, 0.3) is 0 Å². The van der Waals surface area contributed by atoms with Gasteiger partial charge in [0.2, 0.25) is 0 Å². The van der Waals surface area contributed by atoms with E-state index < -0.39 is 0 Å². The molecule has 0 amide bonds. The van der Waals surface area contributed by atoms with E-state index in [2.05, 4.69) is 34.6 Å². The third-order valence-corrected chi connectivity index (χ3v) is 3.70. The first-order chi connectivity index (χ1) is 11.1. The number of guanidine groups is 1. The van der Waals surface area contributed by atoms with Gasteiger partial charge in [-0.2, -0.15) is 0 Å². The highest BCUT2D eigenvalue weighted by Crippen LogP contribution is 2.05. The number of rotatable bonds is 10. The van der Waals surface area contributed by atoms with Crippen molar-refractivity contribution in [3.63, 3.8) is 0 Å². The minimum absolute atomic E-state index is 0.187. The van der Waals surface area contributed by atoms with Gasteiger partial charge in [0.1, 0.15) is 5.82 Å². The second-order valence-electron chi connectivity index (χ2n) is 6.01. The topological polar surface area (TPSA) is 39.7 Å². The molecule has 0 saturated heterocycles. The molecule has 1 rings (SSSR count). The van der Waals surface area contributed by atoms with Crippen molar-refractivity contribution in [2.75, 3.05) is 34.2 Å². The van der Waals surface area contributed by atoms with Crippen LogP contribution in [0.3, 0.4) is 0 Å². The van der Waals surface area contributed by atoms with Gasteiger partial charge in [-0.15, -0.1) is 0 Å². The second-order valence-corrected chi connectivity index (χ2v) is 6.01. The SMILES string of the molecule is CN=C(NCCCCCCCN(C)C)NCc1ccccc1F. The third-order valence-electron chi connectivity index (χ3n) is 3.70. The van der Waals surface area contributed by atoms with E-state index in [1.807, 2.05) is 6.07 Å². The number of aliphatic imine (C=N–C) groups is 1. The Morgan fingerprint density at radius 2 is 1.74 bits per heavy atom. The minimum Gasteiger partial charge on any atom is -0.356 e. The van der Waals surface area contributed by atoms with Crippen LogP contribution in [0.1, 0.15) is 37.7 Å². The van der Waals surface area contributed by atoms with Crippen LogP contribution in [0.5, 0.6) is 0 Å². The number of nitrogens with one attached hydrogen (secondary N) is 2. The molecule has 0 radical (unpaired) electrons. The summed E-state index contributed by atoms with van der Waals surface area (Å²) in [6.45, 7) is 2.51. The zero-order chi connectivity index (χ0) is 16.9. The monoisotopic (exact) mass is 322 g/mol. The van der Waals surface area contributed by atoms with Crippen molar-refractivity contribution in [1.82, 2.24) is 15.5 Å². The van der Waals surface area contributed by atoms with Gasteiger partial charge < -0.3 is 15.5 Å². The molecule has 2 N–H and O–H groups in total. The Morgan fingerprint density at radius 1 is 1.04 bits per heavy atom. The number of nitrogens with zero attached hydrogens (tertiary/aromatic N) is 2. The normalized spacial score (nSPS) is 11.8. The van der Waals surface area contributed by atoms with Crippen LogP contribution in [0.4, 0.5) is 4.39 Å². The van der Waals surface area contributed by atoms with Crippen molar-refractivity contribution in [3.8, 4) is 0 Å². The molecular formula is C18H31FN4. The van der Waals surface area contributed by atoms with Gasteiger partial charge >= 0.3 is 0 Å². The number of hydrogen-bond acceptors (Lipinski definition) is 2. The fourth-order valence-electron chi connectivity index (χ4n) is 2.33. The minimum atomic E-state index is -0.187. The van der Waals surface area contributed by atoms with Crippen molar-refractivity contribution in [1.29, 1.82) is 0 Å². The lowest BCUT2D eigenvalue weighted by Crippen LogP contribution is -2.37. The van der Waals surface area contributed by atoms with Gasteiger partial charge in [0.15, 0.2) is 5.96 Å². The summed E-state index contributed by atoms with van der Waals surface area (Å²) in [7, 11) is 5.96. The van der Waals surface area contributed by atoms with Gasteiger partial charge in [-0.05, 0) is 39.5 Å². The molecule has 0 aromatic heterocycles. The number of benzene rings is 1. The van der Waals surface area contributed by atoms with Crippen LogP contribution in [0.2, 0.25) is 0 Å². The summed E-state index contributed by atoms with van der Waals surface area (Å²) >= 11 is 0. The first-order valence-corrected chi connectivity index (χ1v) is 8.46. The average Bonchev–Trinajstić information content (AvgIpc) is 2.54. The summed E-state index contributed by atoms with van der Waals surface area (Å²) in [6.07, 6.45) is 6.19. The van der Waals surface area contributed by atoms with Crippen LogP contribution in [0.15, 0.2) is 29.3 Å². The smallest absolute Gasteiger partial charge is 0.191 e. The lowest BCUT2D eigenvalue weighted by Gasteiger charge is -2.12. The predicted octanol–water partition coefficient (Wildman–Crippen LogP) is 3.00. The van der Waals surface area contributed by atoms with Crippen molar-refractivity contribution in [2.45, 2.75) is 38.6 Å².